The van der Waals surface area contributed by atoms with Crippen LogP contribution in [0.1, 0.15) is 0 Å². The first kappa shape index (κ1) is 80.3. The molecule has 0 bridgehead atoms. The molecule has 7 aliphatic carbocycles. The fourth-order valence-electron chi connectivity index (χ4n) is 8.48. The summed E-state index contributed by atoms with van der Waals surface area (Å²) in [4.78, 5) is 0. The van der Waals surface area contributed by atoms with E-state index < -0.39 is 256 Å². The Morgan fingerprint density at radius 1 is 0.0476 bits per heavy atom. The Morgan fingerprint density at radius 2 is 0.0595 bits per heavy atom. The quantitative estimate of drug-likeness (QED) is 0.107. The second kappa shape index (κ2) is 33.9. The smallest absolute Gasteiger partial charge is 0.111 e. The second-order valence-electron chi connectivity index (χ2n) is 20.6. The maximum atomic E-state index is 8.97. The predicted molar refractivity (Wildman–Crippen MR) is 252 cm³/mol. The Morgan fingerprint density at radius 3 is 0.0714 bits per heavy atom. The van der Waals surface area contributed by atoms with Crippen molar-refractivity contribution in [1.29, 1.82) is 0 Å². The Labute approximate surface area is 470 Å². The normalized spacial score (nSPS) is 55.5. The summed E-state index contributed by atoms with van der Waals surface area (Å²) in [7, 11) is 0. The SMILES string of the molecule is OC1C(O)C(O)C(O)C(O)C1O.OC1C(O)C(O)C(O)C(O)C1O.OC1C(O)C(O)C(O)C(O)C1O.OC1C(O)C(O)C(O)C(O)C1O.OC1C(O)C(O)C(O)C(O)C1O.OC1C(O)C(O)C(O)C(O)C1O.OC1C(O)C(O)C(O)C(O)C1O. The molecule has 7 rings (SSSR count). The Hall–Kier alpha value is -1.68. The van der Waals surface area contributed by atoms with Crippen LogP contribution >= 0.6 is 0 Å². The van der Waals surface area contributed by atoms with Gasteiger partial charge in [0.1, 0.15) is 256 Å². The van der Waals surface area contributed by atoms with Crippen molar-refractivity contribution in [3.63, 3.8) is 0 Å². The first-order valence-corrected chi connectivity index (χ1v) is 24.8. The fourth-order valence-corrected chi connectivity index (χ4v) is 8.48. The van der Waals surface area contributed by atoms with Crippen LogP contribution < -0.4 is 0 Å². The first-order valence-electron chi connectivity index (χ1n) is 24.8. The van der Waals surface area contributed by atoms with Crippen LogP contribution in [0.25, 0.3) is 0 Å². The van der Waals surface area contributed by atoms with Gasteiger partial charge in [0.25, 0.3) is 0 Å². The van der Waals surface area contributed by atoms with Crippen molar-refractivity contribution in [2.45, 2.75) is 256 Å². The molecule has 7 saturated carbocycles. The molecule has 42 nitrogen and oxygen atoms in total. The van der Waals surface area contributed by atoms with Gasteiger partial charge in [-0.25, -0.2) is 0 Å². The third-order valence-electron chi connectivity index (χ3n) is 14.7. The van der Waals surface area contributed by atoms with Gasteiger partial charge in [-0.15, -0.1) is 0 Å². The maximum absolute atomic E-state index is 8.97. The van der Waals surface area contributed by atoms with Crippen LogP contribution in [-0.2, 0) is 0 Å². The lowest BCUT2D eigenvalue weighted by Crippen LogP contribution is -2.63. The van der Waals surface area contributed by atoms with Crippen LogP contribution in [0.5, 0.6) is 0 Å². The highest BCUT2D eigenvalue weighted by molar-refractivity contribution is 5.03. The molecule has 0 aromatic heterocycles. The van der Waals surface area contributed by atoms with E-state index in [9.17, 15) is 0 Å². The molecule has 0 atom stereocenters. The highest BCUT2D eigenvalue weighted by Gasteiger charge is 2.53. The van der Waals surface area contributed by atoms with Gasteiger partial charge < -0.3 is 214 Å². The minimum Gasteiger partial charge on any atom is -0.387 e. The third-order valence-corrected chi connectivity index (χ3v) is 14.7. The largest absolute Gasteiger partial charge is 0.387 e. The van der Waals surface area contributed by atoms with Gasteiger partial charge in [-0.2, -0.15) is 0 Å². The standard InChI is InChI=1S/7C6H12O6/c7*7-1-2(8)4(10)6(12)5(11)3(1)9/h7*1-12H. The Balaban J connectivity index is 0.000000490. The van der Waals surface area contributed by atoms with Gasteiger partial charge in [-0.05, 0) is 0 Å². The van der Waals surface area contributed by atoms with E-state index in [4.69, 9.17) is 214 Å². The van der Waals surface area contributed by atoms with Gasteiger partial charge in [-0.1, -0.05) is 0 Å². The highest BCUT2D eigenvalue weighted by atomic mass is 16.5. The molecule has 0 amide bonds. The summed E-state index contributed by atoms with van der Waals surface area (Å²) < 4.78 is 0. The number of hydrogen-bond acceptors (Lipinski definition) is 42. The van der Waals surface area contributed by atoms with Crippen molar-refractivity contribution in [2.75, 3.05) is 0 Å². The molecule has 0 aromatic carbocycles. The van der Waals surface area contributed by atoms with Gasteiger partial charge in [0.2, 0.25) is 0 Å². The van der Waals surface area contributed by atoms with E-state index in [2.05, 4.69) is 0 Å². The average Bonchev–Trinajstić information content (AvgIpc) is 3.50. The van der Waals surface area contributed by atoms with Crippen molar-refractivity contribution in [3.8, 4) is 0 Å². The Bertz CT molecular complexity index is 1080. The summed E-state index contributed by atoms with van der Waals surface area (Å²) >= 11 is 0. The van der Waals surface area contributed by atoms with Crippen LogP contribution in [-0.4, -0.2) is 471 Å². The predicted octanol–water partition coefficient (Wildman–Crippen LogP) is -26.8. The first-order chi connectivity index (χ1) is 38.2. The summed E-state index contributed by atoms with van der Waals surface area (Å²) in [6.07, 6.45) is -68.9. The molecule has 7 aliphatic rings. The van der Waals surface area contributed by atoms with Crippen LogP contribution in [0.15, 0.2) is 0 Å². The van der Waals surface area contributed by atoms with Crippen LogP contribution in [0.2, 0.25) is 0 Å². The van der Waals surface area contributed by atoms with Gasteiger partial charge in [-0.3, -0.25) is 0 Å². The maximum Gasteiger partial charge on any atom is 0.111 e. The van der Waals surface area contributed by atoms with Crippen molar-refractivity contribution in [1.82, 2.24) is 0 Å². The van der Waals surface area contributed by atoms with Crippen molar-refractivity contribution < 1.29 is 214 Å². The molecular formula is C42H84O42. The van der Waals surface area contributed by atoms with E-state index in [1.807, 2.05) is 0 Å². The molecular weight excluding hydrogens is 1180 g/mol. The fraction of sp³-hybridized carbons (Fsp3) is 1.00. The molecule has 0 heterocycles. The van der Waals surface area contributed by atoms with Crippen LogP contribution in [0.3, 0.4) is 0 Å². The van der Waals surface area contributed by atoms with Crippen LogP contribution in [0.4, 0.5) is 0 Å². The van der Waals surface area contributed by atoms with E-state index >= 15 is 0 Å². The Kier molecular flexibility index (Phi) is 32.5. The van der Waals surface area contributed by atoms with Crippen LogP contribution in [0, 0.1) is 0 Å². The van der Waals surface area contributed by atoms with Gasteiger partial charge >= 0.3 is 0 Å². The lowest BCUT2D eigenvalue weighted by molar-refractivity contribution is -0.223. The third kappa shape index (κ3) is 18.3. The molecule has 0 radical (unpaired) electrons. The number of hydrogen-bond donors (Lipinski definition) is 42. The molecule has 0 unspecified atom stereocenters. The molecule has 0 saturated heterocycles. The second-order valence-corrected chi connectivity index (χ2v) is 20.6. The molecule has 7 fully saturated rings. The minimum absolute atomic E-state index is 1.64. The van der Waals surface area contributed by atoms with Crippen molar-refractivity contribution >= 4 is 0 Å². The zero-order valence-electron chi connectivity index (χ0n) is 43.0. The molecule has 0 spiro atoms. The number of aliphatic hydroxyl groups excluding tert-OH is 42. The summed E-state index contributed by atoms with van der Waals surface area (Å²) in [5, 5.41) is 377. The lowest BCUT2D eigenvalue weighted by Gasteiger charge is -2.39. The summed E-state index contributed by atoms with van der Waals surface area (Å²) in [5.74, 6) is 0. The molecule has 504 valence electrons. The van der Waals surface area contributed by atoms with E-state index in [1.165, 1.54) is 0 Å². The van der Waals surface area contributed by atoms with E-state index in [1.54, 1.807) is 0 Å². The molecule has 0 aliphatic heterocycles. The van der Waals surface area contributed by atoms with Gasteiger partial charge in [0.05, 0.1) is 0 Å². The summed E-state index contributed by atoms with van der Waals surface area (Å²) in [6.45, 7) is 0. The molecule has 0 aromatic rings. The highest BCUT2D eigenvalue weighted by Crippen LogP contribution is 2.27. The zero-order valence-corrected chi connectivity index (χ0v) is 43.0. The lowest BCUT2D eigenvalue weighted by atomic mass is 9.85. The topological polar surface area (TPSA) is 850 Å². The average molecular weight is 1260 g/mol. The number of aliphatic hydroxyl groups is 42. The summed E-state index contributed by atoms with van der Waals surface area (Å²) in [6, 6.07) is 0. The summed E-state index contributed by atoms with van der Waals surface area (Å²) in [5.41, 5.74) is 0. The van der Waals surface area contributed by atoms with E-state index in [0.29, 0.717) is 0 Å². The van der Waals surface area contributed by atoms with E-state index in [-0.39, 0.29) is 0 Å². The number of rotatable bonds is 0. The molecule has 42 N–H and O–H groups in total. The van der Waals surface area contributed by atoms with Crippen molar-refractivity contribution in [3.05, 3.63) is 0 Å². The van der Waals surface area contributed by atoms with Gasteiger partial charge in [0, 0.05) is 0 Å². The molecule has 42 heteroatoms. The molecule has 84 heavy (non-hydrogen) atoms. The zero-order chi connectivity index (χ0) is 66.2. The monoisotopic (exact) mass is 1260 g/mol. The van der Waals surface area contributed by atoms with Crippen molar-refractivity contribution in [2.24, 2.45) is 0 Å². The minimum atomic E-state index is -1.64. The van der Waals surface area contributed by atoms with E-state index in [0.717, 1.165) is 0 Å². The van der Waals surface area contributed by atoms with Gasteiger partial charge in [0.15, 0.2) is 0 Å².